The Hall–Kier alpha value is -2.51. The Morgan fingerprint density at radius 1 is 1.37 bits per heavy atom. The second-order valence-corrected chi connectivity index (χ2v) is 8.15. The molecule has 0 aliphatic heterocycles. The predicted molar refractivity (Wildman–Crippen MR) is 114 cm³/mol. The number of fused-ring (bicyclic) bond motifs is 1. The summed E-state index contributed by atoms with van der Waals surface area (Å²) in [5.41, 5.74) is 0.305. The normalized spacial score (nSPS) is 15.5. The number of hydrogen-bond acceptors (Lipinski definition) is 6. The van der Waals surface area contributed by atoms with Crippen LogP contribution in [0.25, 0.3) is 11.1 Å². The molecule has 164 valence electrons. The van der Waals surface area contributed by atoms with Gasteiger partial charge in [0.1, 0.15) is 5.39 Å². The molecule has 1 fully saturated rings. The summed E-state index contributed by atoms with van der Waals surface area (Å²) < 4.78 is 18.3. The van der Waals surface area contributed by atoms with E-state index in [0.717, 1.165) is 25.2 Å². The number of H-pyrrole nitrogens is 1. The summed E-state index contributed by atoms with van der Waals surface area (Å²) in [7, 11) is 0. The van der Waals surface area contributed by atoms with Gasteiger partial charge in [-0.15, -0.1) is 0 Å². The van der Waals surface area contributed by atoms with E-state index in [1.54, 1.807) is 0 Å². The van der Waals surface area contributed by atoms with Crippen LogP contribution in [0, 0.1) is 5.92 Å². The van der Waals surface area contributed by atoms with Crippen LogP contribution in [-0.4, -0.2) is 21.9 Å². The Balaban J connectivity index is 1.77. The van der Waals surface area contributed by atoms with Crippen LogP contribution in [0.1, 0.15) is 77.2 Å². The number of halogens is 1. The number of aromatic nitrogens is 2. The van der Waals surface area contributed by atoms with Crippen LogP contribution in [0.5, 0.6) is 6.01 Å². The summed E-state index contributed by atoms with van der Waals surface area (Å²) in [6.07, 6.45) is 7.82. The average Bonchev–Trinajstić information content (AvgIpc) is 3.51. The maximum atomic E-state index is 13.1. The first kappa shape index (κ1) is 22.2. The van der Waals surface area contributed by atoms with Crippen molar-refractivity contribution in [2.75, 3.05) is 0 Å². The highest BCUT2D eigenvalue weighted by molar-refractivity contribution is 5.84. The van der Waals surface area contributed by atoms with Crippen molar-refractivity contribution in [1.29, 1.82) is 0 Å². The molecule has 0 radical (unpaired) electrons. The van der Waals surface area contributed by atoms with Crippen LogP contribution >= 0.6 is 0 Å². The molecule has 2 aromatic heterocycles. The summed E-state index contributed by atoms with van der Waals surface area (Å²) in [4.78, 5) is 36.6. The summed E-state index contributed by atoms with van der Waals surface area (Å²) in [6, 6.07) is 1.22. The third kappa shape index (κ3) is 6.50. The number of alkyl halides is 1. The molecule has 2 heterocycles. The molecular weight excluding hydrogens is 389 g/mol. The predicted octanol–water partition coefficient (Wildman–Crippen LogP) is 4.67. The van der Waals surface area contributed by atoms with E-state index in [4.69, 9.17) is 9.25 Å². The second-order valence-electron chi connectivity index (χ2n) is 8.15. The first-order chi connectivity index (χ1) is 14.5. The van der Waals surface area contributed by atoms with Gasteiger partial charge in [0.2, 0.25) is 5.71 Å². The van der Waals surface area contributed by atoms with Crippen molar-refractivity contribution in [3.05, 3.63) is 32.4 Å². The molecule has 3 rings (SSSR count). The zero-order chi connectivity index (χ0) is 21.5. The first-order valence-electron chi connectivity index (χ1n) is 10.9. The first-order valence-corrected chi connectivity index (χ1v) is 10.9. The molecule has 1 N–H and O–H groups in total. The lowest BCUT2D eigenvalue weighted by Crippen LogP contribution is -2.15. The molecule has 2 aromatic rings. The standard InChI is InChI=1S/C22H30FN3O4/c1-3-6-17(12-9-14(2)23)26-30-22-24-20(28)19-16(8-5-4-7-15-10-11-15)13-18(27)29-21(19)25-22/h13-15H,3-12H2,1-2H3,(H,24,25,28)/b26-17-. The molecule has 1 atom stereocenters. The molecule has 7 nitrogen and oxygen atoms in total. The minimum absolute atomic E-state index is 0.0527. The molecule has 0 amide bonds. The molecular formula is C22H30FN3O4. The molecule has 0 bridgehead atoms. The summed E-state index contributed by atoms with van der Waals surface area (Å²) >= 11 is 0. The molecule has 0 saturated heterocycles. The van der Waals surface area contributed by atoms with Gasteiger partial charge in [-0.05, 0) is 50.5 Å². The molecule has 0 aromatic carbocycles. The van der Waals surface area contributed by atoms with Gasteiger partial charge in [-0.3, -0.25) is 9.78 Å². The van der Waals surface area contributed by atoms with Crippen molar-refractivity contribution in [2.24, 2.45) is 11.1 Å². The number of oxime groups is 1. The molecule has 1 saturated carbocycles. The second kappa shape index (κ2) is 10.5. The van der Waals surface area contributed by atoms with Gasteiger partial charge in [0.05, 0.1) is 11.9 Å². The van der Waals surface area contributed by atoms with Crippen LogP contribution in [-0.2, 0) is 6.42 Å². The van der Waals surface area contributed by atoms with Gasteiger partial charge in [0, 0.05) is 6.07 Å². The van der Waals surface area contributed by atoms with E-state index in [0.29, 0.717) is 37.0 Å². The average molecular weight is 419 g/mol. The van der Waals surface area contributed by atoms with Crippen molar-refractivity contribution in [2.45, 2.75) is 84.2 Å². The number of hydrogen-bond donors (Lipinski definition) is 1. The summed E-state index contributed by atoms with van der Waals surface area (Å²) in [5, 5.41) is 4.30. The zero-order valence-corrected chi connectivity index (χ0v) is 17.7. The topological polar surface area (TPSA) is 97.5 Å². The smallest absolute Gasteiger partial charge is 0.337 e. The van der Waals surface area contributed by atoms with E-state index < -0.39 is 17.4 Å². The molecule has 8 heteroatoms. The number of unbranched alkanes of at least 4 members (excludes halogenated alkanes) is 1. The largest absolute Gasteiger partial charge is 0.403 e. The minimum atomic E-state index is -0.928. The third-order valence-electron chi connectivity index (χ3n) is 5.31. The fourth-order valence-corrected chi connectivity index (χ4v) is 3.50. The highest BCUT2D eigenvalue weighted by Gasteiger charge is 2.20. The highest BCUT2D eigenvalue weighted by atomic mass is 19.1. The summed E-state index contributed by atoms with van der Waals surface area (Å²) in [6.45, 7) is 3.49. The van der Waals surface area contributed by atoms with E-state index in [2.05, 4.69) is 15.1 Å². The van der Waals surface area contributed by atoms with Crippen molar-refractivity contribution >= 4 is 16.8 Å². The molecule has 1 aliphatic rings. The summed E-state index contributed by atoms with van der Waals surface area (Å²) in [5.74, 6) is 0.860. The number of aryl methyl sites for hydroxylation is 1. The van der Waals surface area contributed by atoms with Crippen LogP contribution < -0.4 is 16.0 Å². The Bertz CT molecular complexity index is 992. The van der Waals surface area contributed by atoms with Gasteiger partial charge >= 0.3 is 11.6 Å². The maximum Gasteiger partial charge on any atom is 0.337 e. The number of nitrogens with zero attached hydrogens (tertiary/aromatic N) is 2. The van der Waals surface area contributed by atoms with Gasteiger partial charge in [-0.25, -0.2) is 9.18 Å². The van der Waals surface area contributed by atoms with Gasteiger partial charge < -0.3 is 9.25 Å². The van der Waals surface area contributed by atoms with Gasteiger partial charge in [0.25, 0.3) is 5.56 Å². The van der Waals surface area contributed by atoms with Crippen molar-refractivity contribution in [3.63, 3.8) is 0 Å². The van der Waals surface area contributed by atoms with E-state index in [9.17, 15) is 14.0 Å². The van der Waals surface area contributed by atoms with E-state index in [1.807, 2.05) is 6.92 Å². The van der Waals surface area contributed by atoms with Gasteiger partial charge in [0.15, 0.2) is 0 Å². The highest BCUT2D eigenvalue weighted by Crippen LogP contribution is 2.34. The molecule has 1 aliphatic carbocycles. The lowest BCUT2D eigenvalue weighted by molar-refractivity contribution is 0.305. The van der Waals surface area contributed by atoms with E-state index in [-0.39, 0.29) is 17.1 Å². The van der Waals surface area contributed by atoms with E-state index in [1.165, 1.54) is 32.3 Å². The number of rotatable bonds is 12. The minimum Gasteiger partial charge on any atom is -0.403 e. The van der Waals surface area contributed by atoms with E-state index >= 15 is 0 Å². The lowest BCUT2D eigenvalue weighted by Gasteiger charge is -2.07. The fourth-order valence-electron chi connectivity index (χ4n) is 3.50. The molecule has 1 unspecified atom stereocenters. The van der Waals surface area contributed by atoms with Crippen LogP contribution in [0.3, 0.4) is 0 Å². The lowest BCUT2D eigenvalue weighted by atomic mass is 10.0. The monoisotopic (exact) mass is 419 g/mol. The SMILES string of the molecule is CCC/C(CCC(C)F)=N/Oc1nc2oc(=O)cc(CCCCC3CC3)c2c(=O)[nH]1. The van der Waals surface area contributed by atoms with Gasteiger partial charge in [-0.2, -0.15) is 4.98 Å². The zero-order valence-electron chi connectivity index (χ0n) is 17.7. The van der Waals surface area contributed by atoms with Crippen molar-refractivity contribution in [3.8, 4) is 6.01 Å². The van der Waals surface area contributed by atoms with Crippen molar-refractivity contribution in [1.82, 2.24) is 9.97 Å². The maximum absolute atomic E-state index is 13.1. The Morgan fingerprint density at radius 2 is 2.17 bits per heavy atom. The quantitative estimate of drug-likeness (QED) is 0.306. The Morgan fingerprint density at radius 3 is 2.87 bits per heavy atom. The van der Waals surface area contributed by atoms with Crippen molar-refractivity contribution < 1.29 is 13.6 Å². The number of nitrogens with one attached hydrogen (secondary N) is 1. The van der Waals surface area contributed by atoms with Gasteiger partial charge in [-0.1, -0.05) is 44.2 Å². The third-order valence-corrected chi connectivity index (χ3v) is 5.31. The fraction of sp³-hybridized carbons (Fsp3) is 0.636. The molecule has 0 spiro atoms. The Kier molecular flexibility index (Phi) is 7.76. The molecule has 30 heavy (non-hydrogen) atoms. The van der Waals surface area contributed by atoms with Crippen LogP contribution in [0.2, 0.25) is 0 Å². The van der Waals surface area contributed by atoms with Crippen LogP contribution in [0.4, 0.5) is 4.39 Å². The Labute approximate surface area is 174 Å². The number of aromatic amines is 1. The van der Waals surface area contributed by atoms with Crippen LogP contribution in [0.15, 0.2) is 25.2 Å².